The van der Waals surface area contributed by atoms with Crippen LogP contribution in [0.5, 0.6) is 0 Å². The predicted molar refractivity (Wildman–Crippen MR) is 79.4 cm³/mol. The number of rotatable bonds is 4. The van der Waals surface area contributed by atoms with Crippen molar-refractivity contribution in [1.82, 2.24) is 10.3 Å². The molecule has 0 aliphatic carbocycles. The van der Waals surface area contributed by atoms with Gasteiger partial charge in [0.25, 0.3) is 5.91 Å². The van der Waals surface area contributed by atoms with Crippen molar-refractivity contribution in [2.75, 3.05) is 6.54 Å². The summed E-state index contributed by atoms with van der Waals surface area (Å²) >= 11 is 0. The number of nitrogens with one attached hydrogen (secondary N) is 1. The van der Waals surface area contributed by atoms with Gasteiger partial charge in [0, 0.05) is 18.3 Å². The maximum absolute atomic E-state index is 12.1. The second kappa shape index (κ2) is 6.30. The summed E-state index contributed by atoms with van der Waals surface area (Å²) in [4.78, 5) is 16.4. The number of benzene rings is 1. The number of nitrogens with two attached hydrogens (primary N) is 1. The first-order valence-corrected chi connectivity index (χ1v) is 6.61. The van der Waals surface area contributed by atoms with Gasteiger partial charge in [0.15, 0.2) is 0 Å². The molecule has 1 unspecified atom stereocenters. The summed E-state index contributed by atoms with van der Waals surface area (Å²) in [5.74, 6) is -0.138. The van der Waals surface area contributed by atoms with E-state index in [1.165, 1.54) is 0 Å². The number of pyridine rings is 1. The average molecular weight is 269 g/mol. The Morgan fingerprint density at radius 3 is 2.55 bits per heavy atom. The summed E-state index contributed by atoms with van der Waals surface area (Å²) < 4.78 is 0. The summed E-state index contributed by atoms with van der Waals surface area (Å²) in [6.07, 6.45) is 0. The lowest BCUT2D eigenvalue weighted by atomic mass is 10.1. The average Bonchev–Trinajstić information content (AvgIpc) is 2.45. The molecule has 2 aromatic rings. The Bertz CT molecular complexity index is 596. The molecular formula is C16H19N3O. The standard InChI is InChI=1S/C16H19N3O/c1-11-8-9-14(12(2)19-11)16(20)18-10-15(17)13-6-4-3-5-7-13/h3-9,15H,10,17H2,1-2H3,(H,18,20). The van der Waals surface area contributed by atoms with E-state index in [9.17, 15) is 4.79 Å². The number of nitrogens with zero attached hydrogens (tertiary/aromatic N) is 1. The zero-order valence-electron chi connectivity index (χ0n) is 11.8. The molecule has 0 radical (unpaired) electrons. The van der Waals surface area contributed by atoms with Crippen LogP contribution >= 0.6 is 0 Å². The van der Waals surface area contributed by atoms with Crippen molar-refractivity contribution in [2.45, 2.75) is 19.9 Å². The highest BCUT2D eigenvalue weighted by Gasteiger charge is 2.12. The van der Waals surface area contributed by atoms with Crippen molar-refractivity contribution in [3.05, 3.63) is 65.0 Å². The Morgan fingerprint density at radius 1 is 1.20 bits per heavy atom. The molecule has 0 spiro atoms. The van der Waals surface area contributed by atoms with Crippen LogP contribution in [0, 0.1) is 13.8 Å². The predicted octanol–water partition coefficient (Wildman–Crippen LogP) is 2.13. The molecule has 4 heteroatoms. The lowest BCUT2D eigenvalue weighted by molar-refractivity contribution is 0.0950. The quantitative estimate of drug-likeness (QED) is 0.893. The van der Waals surface area contributed by atoms with Crippen molar-refractivity contribution in [3.63, 3.8) is 0 Å². The lowest BCUT2D eigenvalue weighted by Gasteiger charge is -2.13. The van der Waals surface area contributed by atoms with Gasteiger partial charge in [-0.25, -0.2) is 0 Å². The normalized spacial score (nSPS) is 11.9. The Kier molecular flexibility index (Phi) is 4.48. The maximum atomic E-state index is 12.1. The van der Waals surface area contributed by atoms with Crippen molar-refractivity contribution in [3.8, 4) is 0 Å². The molecule has 0 saturated carbocycles. The Morgan fingerprint density at radius 2 is 1.90 bits per heavy atom. The van der Waals surface area contributed by atoms with Crippen LogP contribution in [0.15, 0.2) is 42.5 Å². The summed E-state index contributed by atoms with van der Waals surface area (Å²) in [5, 5.41) is 2.85. The third-order valence-electron chi connectivity index (χ3n) is 3.18. The first kappa shape index (κ1) is 14.2. The van der Waals surface area contributed by atoms with Gasteiger partial charge >= 0.3 is 0 Å². The Balaban J connectivity index is 1.99. The van der Waals surface area contributed by atoms with Gasteiger partial charge in [0.05, 0.1) is 11.3 Å². The van der Waals surface area contributed by atoms with Gasteiger partial charge in [-0.2, -0.15) is 0 Å². The number of hydrogen-bond donors (Lipinski definition) is 2. The van der Waals surface area contributed by atoms with Gasteiger partial charge in [0.2, 0.25) is 0 Å². The fourth-order valence-corrected chi connectivity index (χ4v) is 2.04. The molecule has 1 aromatic carbocycles. The van der Waals surface area contributed by atoms with E-state index in [0.717, 1.165) is 17.0 Å². The SMILES string of the molecule is Cc1ccc(C(=O)NCC(N)c2ccccc2)c(C)n1. The molecule has 104 valence electrons. The van der Waals surface area contributed by atoms with Gasteiger partial charge in [-0.1, -0.05) is 30.3 Å². The van der Waals surface area contributed by atoms with Crippen molar-refractivity contribution >= 4 is 5.91 Å². The van der Waals surface area contributed by atoms with Crippen molar-refractivity contribution in [2.24, 2.45) is 5.73 Å². The maximum Gasteiger partial charge on any atom is 0.253 e. The van der Waals surface area contributed by atoms with Crippen molar-refractivity contribution in [1.29, 1.82) is 0 Å². The number of amides is 1. The smallest absolute Gasteiger partial charge is 0.253 e. The van der Waals surface area contributed by atoms with Crippen LogP contribution in [0.2, 0.25) is 0 Å². The van der Waals surface area contributed by atoms with E-state index >= 15 is 0 Å². The summed E-state index contributed by atoms with van der Waals surface area (Å²) in [5.41, 5.74) is 9.29. The zero-order valence-corrected chi connectivity index (χ0v) is 11.8. The fourth-order valence-electron chi connectivity index (χ4n) is 2.04. The minimum absolute atomic E-state index is 0.138. The molecule has 20 heavy (non-hydrogen) atoms. The topological polar surface area (TPSA) is 68.0 Å². The van der Waals surface area contributed by atoms with Gasteiger partial charge < -0.3 is 11.1 Å². The van der Waals surface area contributed by atoms with Crippen LogP contribution in [-0.4, -0.2) is 17.4 Å². The van der Waals surface area contributed by atoms with Crippen LogP contribution in [0.1, 0.15) is 33.4 Å². The molecule has 1 heterocycles. The Hall–Kier alpha value is -2.20. The molecule has 3 N–H and O–H groups in total. The van der Waals surface area contributed by atoms with E-state index in [-0.39, 0.29) is 11.9 Å². The van der Waals surface area contributed by atoms with E-state index in [0.29, 0.717) is 12.1 Å². The van der Waals surface area contributed by atoms with Crippen LogP contribution in [0.25, 0.3) is 0 Å². The summed E-state index contributed by atoms with van der Waals surface area (Å²) in [6.45, 7) is 4.13. The molecule has 0 saturated heterocycles. The highest BCUT2D eigenvalue weighted by atomic mass is 16.1. The van der Waals surface area contributed by atoms with Crippen LogP contribution < -0.4 is 11.1 Å². The molecule has 1 aromatic heterocycles. The molecule has 0 bridgehead atoms. The number of hydrogen-bond acceptors (Lipinski definition) is 3. The summed E-state index contributed by atoms with van der Waals surface area (Å²) in [7, 11) is 0. The van der Waals surface area contributed by atoms with Gasteiger partial charge in [-0.15, -0.1) is 0 Å². The van der Waals surface area contributed by atoms with Gasteiger partial charge in [-0.3, -0.25) is 9.78 Å². The second-order valence-electron chi connectivity index (χ2n) is 4.81. The molecule has 4 nitrogen and oxygen atoms in total. The number of carbonyl (C=O) groups excluding carboxylic acids is 1. The van der Waals surface area contributed by atoms with Crippen molar-refractivity contribution < 1.29 is 4.79 Å². The number of aromatic nitrogens is 1. The highest BCUT2D eigenvalue weighted by molar-refractivity contribution is 5.95. The molecule has 2 rings (SSSR count). The monoisotopic (exact) mass is 269 g/mol. The van der Waals surface area contributed by atoms with Gasteiger partial charge in [-0.05, 0) is 31.5 Å². The van der Waals surface area contributed by atoms with Crippen LogP contribution in [-0.2, 0) is 0 Å². The van der Waals surface area contributed by atoms with Crippen LogP contribution in [0.3, 0.4) is 0 Å². The first-order valence-electron chi connectivity index (χ1n) is 6.61. The summed E-state index contributed by atoms with van der Waals surface area (Å²) in [6, 6.07) is 13.1. The minimum Gasteiger partial charge on any atom is -0.350 e. The first-order chi connectivity index (χ1) is 9.58. The highest BCUT2D eigenvalue weighted by Crippen LogP contribution is 2.10. The van der Waals surface area contributed by atoms with E-state index < -0.39 is 0 Å². The van der Waals surface area contributed by atoms with E-state index in [4.69, 9.17) is 5.73 Å². The molecular weight excluding hydrogens is 250 g/mol. The minimum atomic E-state index is -0.209. The van der Waals surface area contributed by atoms with Gasteiger partial charge in [0.1, 0.15) is 0 Å². The molecule has 0 aliphatic heterocycles. The molecule has 1 atom stereocenters. The zero-order chi connectivity index (χ0) is 14.5. The van der Waals surface area contributed by atoms with E-state index in [1.807, 2.05) is 50.2 Å². The third kappa shape index (κ3) is 3.42. The number of aryl methyl sites for hydroxylation is 2. The van der Waals surface area contributed by atoms with Crippen LogP contribution in [0.4, 0.5) is 0 Å². The fraction of sp³-hybridized carbons (Fsp3) is 0.250. The lowest BCUT2D eigenvalue weighted by Crippen LogP contribution is -2.32. The third-order valence-corrected chi connectivity index (χ3v) is 3.18. The molecule has 0 fully saturated rings. The number of carbonyl (C=O) groups is 1. The molecule has 0 aliphatic rings. The molecule has 1 amide bonds. The van der Waals surface area contributed by atoms with E-state index in [2.05, 4.69) is 10.3 Å². The largest absolute Gasteiger partial charge is 0.350 e. The second-order valence-corrected chi connectivity index (χ2v) is 4.81. The Labute approximate surface area is 119 Å². The van der Waals surface area contributed by atoms with E-state index in [1.54, 1.807) is 6.07 Å².